The van der Waals surface area contributed by atoms with Crippen molar-refractivity contribution in [2.24, 2.45) is 0 Å². The number of anilines is 1. The lowest BCUT2D eigenvalue weighted by Gasteiger charge is -2.03. The maximum absolute atomic E-state index is 9.85. The minimum absolute atomic E-state index is 0.308. The van der Waals surface area contributed by atoms with E-state index in [4.69, 9.17) is 5.73 Å². The number of hydrogen-bond donors (Lipinski definition) is 1. The van der Waals surface area contributed by atoms with Gasteiger partial charge in [-0.05, 0) is 22.0 Å². The summed E-state index contributed by atoms with van der Waals surface area (Å²) >= 11 is 3.25. The lowest BCUT2D eigenvalue weighted by molar-refractivity contribution is -0.128. The summed E-state index contributed by atoms with van der Waals surface area (Å²) in [5.74, 6) is 0. The molecule has 0 bridgehead atoms. The van der Waals surface area contributed by atoms with Gasteiger partial charge in [-0.15, -0.1) is 0 Å². The van der Waals surface area contributed by atoms with Crippen molar-refractivity contribution in [3.05, 3.63) is 22.4 Å². The summed E-state index contributed by atoms with van der Waals surface area (Å²) in [6, 6.07) is 1.77. The Labute approximate surface area is 84.2 Å². The number of nitrogens with zero attached hydrogens (tertiary/aromatic N) is 1. The molecule has 0 aromatic carbocycles. The Morgan fingerprint density at radius 2 is 2.46 bits per heavy atom. The highest BCUT2D eigenvalue weighted by Gasteiger charge is 2.01. The zero-order valence-corrected chi connectivity index (χ0v) is 8.45. The topological polar surface area (TPSA) is 65.2 Å². The molecule has 0 aliphatic heterocycles. The van der Waals surface area contributed by atoms with Crippen LogP contribution in [0.4, 0.5) is 5.69 Å². The number of aromatic nitrogens is 1. The van der Waals surface area contributed by atoms with Crippen LogP contribution in [0.5, 0.6) is 0 Å². The van der Waals surface area contributed by atoms with Crippen molar-refractivity contribution in [2.75, 3.05) is 12.3 Å². The zero-order chi connectivity index (χ0) is 9.68. The van der Waals surface area contributed by atoms with Crippen molar-refractivity contribution in [1.82, 2.24) is 4.98 Å². The molecule has 1 aromatic heterocycles. The monoisotopic (exact) mass is 244 g/mol. The Kier molecular flexibility index (Phi) is 3.70. The molecule has 0 aliphatic carbocycles. The van der Waals surface area contributed by atoms with Crippen molar-refractivity contribution >= 4 is 28.1 Å². The molecule has 1 aromatic rings. The highest BCUT2D eigenvalue weighted by molar-refractivity contribution is 9.10. The number of ether oxygens (including phenoxy) is 1. The first-order valence-electron chi connectivity index (χ1n) is 3.69. The van der Waals surface area contributed by atoms with Crippen LogP contribution in [0.1, 0.15) is 5.69 Å². The fourth-order valence-electron chi connectivity index (χ4n) is 0.896. The van der Waals surface area contributed by atoms with E-state index >= 15 is 0 Å². The lowest BCUT2D eigenvalue weighted by Crippen LogP contribution is -2.02. The molecule has 1 rings (SSSR count). The molecule has 1 heterocycles. The van der Waals surface area contributed by atoms with Gasteiger partial charge in [0.15, 0.2) is 0 Å². The van der Waals surface area contributed by atoms with Crippen molar-refractivity contribution in [3.63, 3.8) is 0 Å². The summed E-state index contributed by atoms with van der Waals surface area (Å²) in [4.78, 5) is 13.9. The second-order valence-electron chi connectivity index (χ2n) is 2.41. The number of carbonyl (C=O) groups excluding carboxylic acids is 1. The molecule has 0 spiro atoms. The SMILES string of the molecule is Nc1cc(Br)cnc1CCOC=O. The van der Waals surface area contributed by atoms with E-state index in [1.54, 1.807) is 12.3 Å². The minimum atomic E-state index is 0.308. The third kappa shape index (κ3) is 3.02. The van der Waals surface area contributed by atoms with Crippen LogP contribution in [0.15, 0.2) is 16.7 Å². The molecule has 0 radical (unpaired) electrons. The summed E-state index contributed by atoms with van der Waals surface area (Å²) in [6.07, 6.45) is 2.20. The normalized spacial score (nSPS) is 9.62. The summed E-state index contributed by atoms with van der Waals surface area (Å²) < 4.78 is 5.37. The van der Waals surface area contributed by atoms with Crippen LogP contribution in [-0.2, 0) is 16.0 Å². The van der Waals surface area contributed by atoms with Crippen LogP contribution >= 0.6 is 15.9 Å². The number of nitrogens with two attached hydrogens (primary N) is 1. The number of rotatable bonds is 4. The van der Waals surface area contributed by atoms with Crippen LogP contribution in [0.2, 0.25) is 0 Å². The molecule has 0 fully saturated rings. The Hall–Kier alpha value is -1.10. The van der Waals surface area contributed by atoms with Crippen LogP contribution in [0, 0.1) is 0 Å². The number of halogens is 1. The van der Waals surface area contributed by atoms with Gasteiger partial charge in [0.25, 0.3) is 6.47 Å². The molecule has 70 valence electrons. The summed E-state index contributed by atoms with van der Waals surface area (Å²) in [6.45, 7) is 0.720. The van der Waals surface area contributed by atoms with Crippen LogP contribution in [-0.4, -0.2) is 18.1 Å². The number of pyridine rings is 1. The van der Waals surface area contributed by atoms with Gasteiger partial charge < -0.3 is 10.5 Å². The van der Waals surface area contributed by atoms with E-state index in [1.807, 2.05) is 0 Å². The summed E-state index contributed by atoms with van der Waals surface area (Å²) in [5.41, 5.74) is 7.01. The summed E-state index contributed by atoms with van der Waals surface area (Å²) in [7, 11) is 0. The number of hydrogen-bond acceptors (Lipinski definition) is 4. The molecule has 0 unspecified atom stereocenters. The fraction of sp³-hybridized carbons (Fsp3) is 0.250. The van der Waals surface area contributed by atoms with E-state index in [1.165, 1.54) is 0 Å². The third-order valence-corrected chi connectivity index (χ3v) is 1.93. The van der Waals surface area contributed by atoms with E-state index in [2.05, 4.69) is 25.7 Å². The van der Waals surface area contributed by atoms with Gasteiger partial charge in [0.1, 0.15) is 0 Å². The molecule has 13 heavy (non-hydrogen) atoms. The molecule has 0 saturated heterocycles. The predicted molar refractivity (Wildman–Crippen MR) is 52.1 cm³/mol. The molecule has 0 atom stereocenters. The highest BCUT2D eigenvalue weighted by Crippen LogP contribution is 2.15. The predicted octanol–water partition coefficient (Wildman–Crippen LogP) is 1.14. The van der Waals surface area contributed by atoms with Gasteiger partial charge in [0.2, 0.25) is 0 Å². The molecule has 4 nitrogen and oxygen atoms in total. The van der Waals surface area contributed by atoms with E-state index in [0.29, 0.717) is 25.2 Å². The first-order valence-corrected chi connectivity index (χ1v) is 4.48. The third-order valence-electron chi connectivity index (χ3n) is 1.50. The van der Waals surface area contributed by atoms with Gasteiger partial charge in [-0.2, -0.15) is 0 Å². The van der Waals surface area contributed by atoms with Crippen molar-refractivity contribution in [1.29, 1.82) is 0 Å². The number of nitrogen functional groups attached to an aromatic ring is 1. The van der Waals surface area contributed by atoms with E-state index in [0.717, 1.165) is 10.2 Å². The standard InChI is InChI=1S/C8H9BrN2O2/c9-6-3-7(10)8(11-4-6)1-2-13-5-12/h3-5H,1-2,10H2. The van der Waals surface area contributed by atoms with Crippen molar-refractivity contribution in [2.45, 2.75) is 6.42 Å². The molecule has 0 aliphatic rings. The zero-order valence-electron chi connectivity index (χ0n) is 6.87. The van der Waals surface area contributed by atoms with E-state index < -0.39 is 0 Å². The second kappa shape index (κ2) is 4.81. The largest absolute Gasteiger partial charge is 0.467 e. The highest BCUT2D eigenvalue weighted by atomic mass is 79.9. The first-order chi connectivity index (χ1) is 6.24. The Morgan fingerprint density at radius 1 is 1.69 bits per heavy atom. The molecular formula is C8H9BrN2O2. The van der Waals surface area contributed by atoms with Gasteiger partial charge in [-0.1, -0.05) is 0 Å². The van der Waals surface area contributed by atoms with Crippen molar-refractivity contribution in [3.8, 4) is 0 Å². The average molecular weight is 245 g/mol. The number of carbonyl (C=O) groups is 1. The Bertz CT molecular complexity index is 304. The Balaban J connectivity index is 2.61. The molecular weight excluding hydrogens is 236 g/mol. The van der Waals surface area contributed by atoms with E-state index in [9.17, 15) is 4.79 Å². The smallest absolute Gasteiger partial charge is 0.293 e. The van der Waals surface area contributed by atoms with Gasteiger partial charge in [0.05, 0.1) is 18.0 Å². The maximum Gasteiger partial charge on any atom is 0.293 e. The Morgan fingerprint density at radius 3 is 3.08 bits per heavy atom. The van der Waals surface area contributed by atoms with Crippen LogP contribution < -0.4 is 5.73 Å². The summed E-state index contributed by atoms with van der Waals surface area (Å²) in [5, 5.41) is 0. The van der Waals surface area contributed by atoms with Gasteiger partial charge in [-0.3, -0.25) is 9.78 Å². The van der Waals surface area contributed by atoms with Crippen molar-refractivity contribution < 1.29 is 9.53 Å². The van der Waals surface area contributed by atoms with E-state index in [-0.39, 0.29) is 0 Å². The van der Waals surface area contributed by atoms with Gasteiger partial charge in [-0.25, -0.2) is 0 Å². The average Bonchev–Trinajstić information content (AvgIpc) is 2.09. The molecule has 2 N–H and O–H groups in total. The van der Waals surface area contributed by atoms with Gasteiger partial charge in [0, 0.05) is 17.1 Å². The van der Waals surface area contributed by atoms with Crippen LogP contribution in [0.3, 0.4) is 0 Å². The van der Waals surface area contributed by atoms with Crippen LogP contribution in [0.25, 0.3) is 0 Å². The minimum Gasteiger partial charge on any atom is -0.467 e. The maximum atomic E-state index is 9.85. The first kappa shape index (κ1) is 9.98. The quantitative estimate of drug-likeness (QED) is 0.638. The second-order valence-corrected chi connectivity index (χ2v) is 3.32. The molecule has 5 heteroatoms. The molecule has 0 saturated carbocycles. The van der Waals surface area contributed by atoms with Gasteiger partial charge >= 0.3 is 0 Å². The fourth-order valence-corrected chi connectivity index (χ4v) is 1.24. The lowest BCUT2D eigenvalue weighted by atomic mass is 10.2. The molecule has 0 amide bonds.